The van der Waals surface area contributed by atoms with Crippen LogP contribution in [0.2, 0.25) is 0 Å². The maximum atomic E-state index is 12.1. The number of hydrogen-bond acceptors (Lipinski definition) is 4. The first-order chi connectivity index (χ1) is 11.0. The Morgan fingerprint density at radius 3 is 2.87 bits per heavy atom. The summed E-state index contributed by atoms with van der Waals surface area (Å²) >= 11 is 0. The van der Waals surface area contributed by atoms with Crippen LogP contribution in [0.4, 0.5) is 5.69 Å². The summed E-state index contributed by atoms with van der Waals surface area (Å²) in [5.41, 5.74) is 1.64. The van der Waals surface area contributed by atoms with Gasteiger partial charge in [-0.2, -0.15) is 0 Å². The lowest BCUT2D eigenvalue weighted by Crippen LogP contribution is -2.40. The van der Waals surface area contributed by atoms with Gasteiger partial charge in [-0.1, -0.05) is 6.07 Å². The van der Waals surface area contributed by atoms with E-state index in [2.05, 4.69) is 10.6 Å². The largest absolute Gasteiger partial charge is 0.489 e. The van der Waals surface area contributed by atoms with E-state index >= 15 is 0 Å². The fourth-order valence-electron chi connectivity index (χ4n) is 2.42. The Bertz CT molecular complexity index is 568. The van der Waals surface area contributed by atoms with Crippen LogP contribution >= 0.6 is 0 Å². The molecule has 2 N–H and O–H groups in total. The number of nitrogens with one attached hydrogen (secondary N) is 2. The van der Waals surface area contributed by atoms with Crippen LogP contribution in [0.1, 0.15) is 32.3 Å². The summed E-state index contributed by atoms with van der Waals surface area (Å²) in [7, 11) is 0. The van der Waals surface area contributed by atoms with Gasteiger partial charge in [0.2, 0.25) is 11.8 Å². The van der Waals surface area contributed by atoms with Crippen LogP contribution < -0.4 is 15.4 Å². The summed E-state index contributed by atoms with van der Waals surface area (Å²) in [4.78, 5) is 23.2. The maximum absolute atomic E-state index is 12.1. The zero-order valence-corrected chi connectivity index (χ0v) is 13.8. The summed E-state index contributed by atoms with van der Waals surface area (Å²) in [5, 5.41) is 5.36. The maximum Gasteiger partial charge on any atom is 0.246 e. The molecule has 2 unspecified atom stereocenters. The van der Waals surface area contributed by atoms with E-state index in [-0.39, 0.29) is 17.9 Å². The number of carbonyl (C=O) groups excluding carboxylic acids is 2. The van der Waals surface area contributed by atoms with Gasteiger partial charge in [0.05, 0.1) is 11.8 Å². The monoisotopic (exact) mass is 320 g/mol. The second-order valence-corrected chi connectivity index (χ2v) is 5.86. The highest BCUT2D eigenvalue weighted by Gasteiger charge is 2.19. The standard InChI is InChI=1S/C17H24N2O4/c1-11-6-7-15(19-17(21)12(2)18-13(3)20)16(9-11)23-10-14-5-4-8-22-14/h6-7,9,12,14H,4-5,8,10H2,1-3H3,(H,18,20)(H,19,21). The molecular formula is C17H24N2O4. The zero-order chi connectivity index (χ0) is 16.8. The van der Waals surface area contributed by atoms with Gasteiger partial charge < -0.3 is 20.1 Å². The van der Waals surface area contributed by atoms with Crippen LogP contribution in [0, 0.1) is 6.92 Å². The Balaban J connectivity index is 2.02. The third-order valence-corrected chi connectivity index (χ3v) is 3.66. The second-order valence-electron chi connectivity index (χ2n) is 5.86. The van der Waals surface area contributed by atoms with Crippen LogP contribution in [0.5, 0.6) is 5.75 Å². The van der Waals surface area contributed by atoms with E-state index in [0.717, 1.165) is 25.0 Å². The van der Waals surface area contributed by atoms with E-state index in [1.807, 2.05) is 19.1 Å². The van der Waals surface area contributed by atoms with Gasteiger partial charge in [-0.25, -0.2) is 0 Å². The van der Waals surface area contributed by atoms with Crippen LogP contribution in [-0.2, 0) is 14.3 Å². The molecule has 0 bridgehead atoms. The molecule has 0 aromatic heterocycles. The number of amides is 2. The molecule has 2 amide bonds. The molecule has 1 aromatic carbocycles. The molecule has 0 spiro atoms. The Hall–Kier alpha value is -2.08. The molecule has 6 heteroatoms. The van der Waals surface area contributed by atoms with Crippen molar-refractivity contribution in [3.8, 4) is 5.75 Å². The molecule has 0 radical (unpaired) electrons. The normalized spacial score (nSPS) is 18.3. The van der Waals surface area contributed by atoms with E-state index in [1.165, 1.54) is 6.92 Å². The molecule has 1 fully saturated rings. The Kier molecular flexibility index (Phi) is 5.98. The SMILES string of the molecule is CC(=O)NC(C)C(=O)Nc1ccc(C)cc1OCC1CCCO1. The predicted octanol–water partition coefficient (Wildman–Crippen LogP) is 2.02. The van der Waals surface area contributed by atoms with Crippen LogP contribution in [0.15, 0.2) is 18.2 Å². The van der Waals surface area contributed by atoms with Gasteiger partial charge in [-0.3, -0.25) is 9.59 Å². The molecule has 2 atom stereocenters. The van der Waals surface area contributed by atoms with Crippen LogP contribution in [0.25, 0.3) is 0 Å². The summed E-state index contributed by atoms with van der Waals surface area (Å²) in [5.74, 6) is 0.0845. The van der Waals surface area contributed by atoms with Crippen LogP contribution in [0.3, 0.4) is 0 Å². The summed E-state index contributed by atoms with van der Waals surface area (Å²) in [6.07, 6.45) is 2.16. The van der Waals surface area contributed by atoms with Crippen molar-refractivity contribution in [2.24, 2.45) is 0 Å². The van der Waals surface area contributed by atoms with E-state index in [4.69, 9.17) is 9.47 Å². The highest BCUT2D eigenvalue weighted by atomic mass is 16.5. The third kappa shape index (κ3) is 5.25. The average molecular weight is 320 g/mol. The molecule has 1 aliphatic rings. The lowest BCUT2D eigenvalue weighted by Gasteiger charge is -2.18. The second kappa shape index (κ2) is 7.97. The van der Waals surface area contributed by atoms with Gasteiger partial charge in [0.25, 0.3) is 0 Å². The molecular weight excluding hydrogens is 296 g/mol. The van der Waals surface area contributed by atoms with Gasteiger partial charge in [0.1, 0.15) is 18.4 Å². The number of ether oxygens (including phenoxy) is 2. The highest BCUT2D eigenvalue weighted by molar-refractivity contribution is 5.97. The average Bonchev–Trinajstić information content (AvgIpc) is 3.00. The number of carbonyl (C=O) groups is 2. The number of hydrogen-bond donors (Lipinski definition) is 2. The van der Waals surface area contributed by atoms with Crippen molar-refractivity contribution in [1.29, 1.82) is 0 Å². The van der Waals surface area contributed by atoms with Crippen molar-refractivity contribution in [1.82, 2.24) is 5.32 Å². The molecule has 0 aliphatic carbocycles. The number of rotatable bonds is 6. The minimum absolute atomic E-state index is 0.109. The Morgan fingerprint density at radius 2 is 2.22 bits per heavy atom. The molecule has 1 heterocycles. The van der Waals surface area contributed by atoms with E-state index in [9.17, 15) is 9.59 Å². The van der Waals surface area contributed by atoms with Gasteiger partial charge in [0, 0.05) is 13.5 Å². The van der Waals surface area contributed by atoms with Crippen molar-refractivity contribution in [2.45, 2.75) is 45.8 Å². The zero-order valence-electron chi connectivity index (χ0n) is 13.8. The summed E-state index contributed by atoms with van der Waals surface area (Å²) < 4.78 is 11.4. The quantitative estimate of drug-likeness (QED) is 0.841. The smallest absolute Gasteiger partial charge is 0.246 e. The molecule has 126 valence electrons. The number of benzene rings is 1. The first-order valence-corrected chi connectivity index (χ1v) is 7.88. The topological polar surface area (TPSA) is 76.7 Å². The minimum Gasteiger partial charge on any atom is -0.489 e. The number of anilines is 1. The van der Waals surface area contributed by atoms with Crippen molar-refractivity contribution in [2.75, 3.05) is 18.5 Å². The lowest BCUT2D eigenvalue weighted by atomic mass is 10.2. The molecule has 2 rings (SSSR count). The third-order valence-electron chi connectivity index (χ3n) is 3.66. The van der Waals surface area contributed by atoms with E-state index in [1.54, 1.807) is 13.0 Å². The Labute approximate surface area is 136 Å². The molecule has 23 heavy (non-hydrogen) atoms. The van der Waals surface area contributed by atoms with E-state index < -0.39 is 6.04 Å². The molecule has 6 nitrogen and oxygen atoms in total. The molecule has 1 saturated heterocycles. The Morgan fingerprint density at radius 1 is 1.43 bits per heavy atom. The first kappa shape index (κ1) is 17.3. The van der Waals surface area contributed by atoms with Gasteiger partial charge in [0.15, 0.2) is 0 Å². The molecule has 0 saturated carbocycles. The first-order valence-electron chi connectivity index (χ1n) is 7.88. The molecule has 1 aliphatic heterocycles. The number of aryl methyl sites for hydroxylation is 1. The fraction of sp³-hybridized carbons (Fsp3) is 0.529. The van der Waals surface area contributed by atoms with Gasteiger partial charge >= 0.3 is 0 Å². The summed E-state index contributed by atoms with van der Waals surface area (Å²) in [6.45, 7) is 6.22. The van der Waals surface area contributed by atoms with Crippen molar-refractivity contribution < 1.29 is 19.1 Å². The van der Waals surface area contributed by atoms with Crippen molar-refractivity contribution in [3.63, 3.8) is 0 Å². The minimum atomic E-state index is -0.611. The summed E-state index contributed by atoms with van der Waals surface area (Å²) in [6, 6.07) is 4.98. The van der Waals surface area contributed by atoms with Gasteiger partial charge in [-0.15, -0.1) is 0 Å². The lowest BCUT2D eigenvalue weighted by molar-refractivity contribution is -0.124. The highest BCUT2D eigenvalue weighted by Crippen LogP contribution is 2.27. The van der Waals surface area contributed by atoms with Crippen LogP contribution in [-0.4, -0.2) is 37.2 Å². The van der Waals surface area contributed by atoms with Crippen molar-refractivity contribution in [3.05, 3.63) is 23.8 Å². The predicted molar refractivity (Wildman–Crippen MR) is 87.6 cm³/mol. The van der Waals surface area contributed by atoms with Crippen molar-refractivity contribution >= 4 is 17.5 Å². The molecule has 1 aromatic rings. The fourth-order valence-corrected chi connectivity index (χ4v) is 2.42. The van der Waals surface area contributed by atoms with E-state index in [0.29, 0.717) is 18.0 Å². The van der Waals surface area contributed by atoms with Gasteiger partial charge in [-0.05, 0) is 44.4 Å².